The molecule has 0 saturated carbocycles. The molecule has 5 rings (SSSR count). The average Bonchev–Trinajstić information content (AvgIpc) is 3.44. The van der Waals surface area contributed by atoms with E-state index in [-0.39, 0.29) is 63.3 Å². The number of carbonyl (C=O) groups is 1. The zero-order valence-corrected chi connectivity index (χ0v) is 38.0. The molecular weight excluding hydrogens is 846 g/mol. The van der Waals surface area contributed by atoms with Crippen LogP contribution in [0.15, 0.2) is 58.3 Å². The Morgan fingerprint density at radius 1 is 0.983 bits per heavy atom. The number of aromatic nitrogens is 2. The van der Waals surface area contributed by atoms with Crippen molar-refractivity contribution in [2.75, 3.05) is 6.61 Å². The third-order valence-corrected chi connectivity index (χ3v) is 25.1. The molecule has 6 atom stereocenters. The molecule has 324 valence electrons. The van der Waals surface area contributed by atoms with Crippen molar-refractivity contribution in [2.24, 2.45) is 0 Å². The number of aromatic amines is 1. The maximum Gasteiger partial charge on any atom is 0.513 e. The van der Waals surface area contributed by atoms with Gasteiger partial charge in [0.15, 0.2) is 18.3 Å². The normalized spacial score (nSPS) is 24.1. The van der Waals surface area contributed by atoms with Gasteiger partial charge < -0.3 is 38.0 Å². The van der Waals surface area contributed by atoms with E-state index in [4.69, 9.17) is 51.0 Å². The number of H-pyrrole nitrogens is 1. The van der Waals surface area contributed by atoms with E-state index in [9.17, 15) is 34.7 Å². The van der Waals surface area contributed by atoms with E-state index in [1.54, 1.807) is 19.1 Å². The van der Waals surface area contributed by atoms with Crippen LogP contribution in [-0.4, -0.2) is 83.5 Å². The summed E-state index contributed by atoms with van der Waals surface area (Å²) in [7, 11) is -6.68. The molecule has 0 spiro atoms. The third-order valence-electron chi connectivity index (χ3n) is 11.6. The Morgan fingerprint density at radius 2 is 1.61 bits per heavy atom. The summed E-state index contributed by atoms with van der Waals surface area (Å²) >= 11 is 13.1. The molecular formula is C39H53Cl2N3O13Si2. The number of fused-ring (bicyclic) bond motifs is 1. The summed E-state index contributed by atoms with van der Waals surface area (Å²) in [4.78, 5) is 50.6. The third kappa shape index (κ3) is 8.71. The number of hydrogen-bond acceptors (Lipinski definition) is 13. The average molecular weight is 899 g/mol. The van der Waals surface area contributed by atoms with Gasteiger partial charge in [-0.05, 0) is 46.3 Å². The minimum Gasteiger partial charge on any atom is -0.451 e. The first-order valence-electron chi connectivity index (χ1n) is 19.5. The van der Waals surface area contributed by atoms with Crippen LogP contribution in [0.3, 0.4) is 0 Å². The molecule has 0 aliphatic carbocycles. The smallest absolute Gasteiger partial charge is 0.451 e. The molecule has 3 heterocycles. The number of carbonyl (C=O) groups excluding carboxylic acids is 1. The van der Waals surface area contributed by atoms with Gasteiger partial charge in [-0.1, -0.05) is 90.7 Å². The minimum atomic E-state index is -3.53. The van der Waals surface area contributed by atoms with Gasteiger partial charge in [-0.25, -0.2) is 9.59 Å². The first-order valence-corrected chi connectivity index (χ1v) is 24.5. The van der Waals surface area contributed by atoms with Gasteiger partial charge in [0, 0.05) is 41.9 Å². The van der Waals surface area contributed by atoms with Crippen molar-refractivity contribution in [2.45, 2.75) is 133 Å². The lowest BCUT2D eigenvalue weighted by molar-refractivity contribution is -0.384. The van der Waals surface area contributed by atoms with Crippen molar-refractivity contribution in [3.05, 3.63) is 101 Å². The van der Waals surface area contributed by atoms with Crippen LogP contribution in [0.2, 0.25) is 32.2 Å². The van der Waals surface area contributed by atoms with Crippen molar-refractivity contribution < 1.29 is 47.7 Å². The number of hydrogen-bond donors (Lipinski definition) is 3. The summed E-state index contributed by atoms with van der Waals surface area (Å²) in [6.45, 7) is 17.5. The molecule has 2 aliphatic rings. The van der Waals surface area contributed by atoms with Crippen LogP contribution in [-0.2, 0) is 36.1 Å². The van der Waals surface area contributed by atoms with Gasteiger partial charge in [0.2, 0.25) is 16.6 Å². The van der Waals surface area contributed by atoms with Crippen molar-refractivity contribution in [1.82, 2.24) is 9.55 Å². The van der Waals surface area contributed by atoms with Crippen LogP contribution >= 0.6 is 23.2 Å². The topological polar surface area (TPSA) is 211 Å². The molecule has 1 aromatic heterocycles. The fraction of sp³-hybridized carbons (Fsp3) is 0.564. The Hall–Kier alpha value is -3.44. The van der Waals surface area contributed by atoms with Gasteiger partial charge in [-0.2, -0.15) is 0 Å². The maximum absolute atomic E-state index is 13.4. The van der Waals surface area contributed by atoms with Gasteiger partial charge in [0.05, 0.1) is 23.2 Å². The fourth-order valence-corrected chi connectivity index (χ4v) is 24.8. The summed E-state index contributed by atoms with van der Waals surface area (Å²) in [6, 6.07) is 9.78. The van der Waals surface area contributed by atoms with Crippen LogP contribution in [0.5, 0.6) is 5.75 Å². The van der Waals surface area contributed by atoms with Gasteiger partial charge in [-0.15, -0.1) is 0 Å². The van der Waals surface area contributed by atoms with Gasteiger partial charge in [-0.3, -0.25) is 24.5 Å². The maximum atomic E-state index is 13.4. The molecule has 16 nitrogen and oxygen atoms in total. The second kappa shape index (κ2) is 18.3. The number of non-ortho nitro benzene ring substituents is 1. The first-order chi connectivity index (χ1) is 27.6. The number of nitrogens with zero attached hydrogens (tertiary/aromatic N) is 2. The second-order valence-electron chi connectivity index (χ2n) is 16.3. The Kier molecular flexibility index (Phi) is 14.4. The highest BCUT2D eigenvalue weighted by molar-refractivity contribution is 6.93. The van der Waals surface area contributed by atoms with E-state index in [1.807, 2.05) is 55.4 Å². The van der Waals surface area contributed by atoms with Crippen LogP contribution in [0, 0.1) is 10.1 Å². The zero-order chi connectivity index (χ0) is 43.8. The minimum absolute atomic E-state index is 0.0219. The number of rotatable bonds is 15. The Bertz CT molecular complexity index is 2100. The number of ether oxygens (including phenoxy) is 5. The zero-order valence-electron chi connectivity index (χ0n) is 34.5. The summed E-state index contributed by atoms with van der Waals surface area (Å²) in [5, 5.41) is 34.9. The predicted molar refractivity (Wildman–Crippen MR) is 224 cm³/mol. The first kappa shape index (κ1) is 46.6. The van der Waals surface area contributed by atoms with E-state index in [2.05, 4.69) is 4.98 Å². The molecule has 0 bridgehead atoms. The molecule has 0 radical (unpaired) electrons. The van der Waals surface area contributed by atoms with E-state index in [1.165, 1.54) is 30.5 Å². The van der Waals surface area contributed by atoms with E-state index in [0.717, 1.165) is 10.6 Å². The molecule has 20 heteroatoms. The number of nitro benzene ring substituents is 1. The lowest BCUT2D eigenvalue weighted by atomic mass is 10.1. The number of aliphatic hydroxyl groups excluding tert-OH is 1. The Morgan fingerprint density at radius 3 is 2.17 bits per heavy atom. The summed E-state index contributed by atoms with van der Waals surface area (Å²) in [5.41, 5.74) is -2.14. The van der Waals surface area contributed by atoms with Crippen molar-refractivity contribution in [3.63, 3.8) is 0 Å². The number of nitro groups is 1. The van der Waals surface area contributed by atoms with Gasteiger partial charge >= 0.3 is 11.8 Å². The largest absolute Gasteiger partial charge is 0.513 e. The Labute approximate surface area is 354 Å². The van der Waals surface area contributed by atoms with Crippen LogP contribution in [0.25, 0.3) is 0 Å². The molecule has 2 fully saturated rings. The van der Waals surface area contributed by atoms with Crippen LogP contribution in [0.4, 0.5) is 10.5 Å². The van der Waals surface area contributed by atoms with E-state index in [0.29, 0.717) is 11.1 Å². The summed E-state index contributed by atoms with van der Waals surface area (Å²) in [6.07, 6.45) is -4.42. The predicted octanol–water partition coefficient (Wildman–Crippen LogP) is 7.09. The van der Waals surface area contributed by atoms with Gasteiger partial charge in [0.1, 0.15) is 23.2 Å². The molecule has 3 aromatic rings. The molecule has 0 amide bonds. The van der Waals surface area contributed by atoms with Gasteiger partial charge in [0.25, 0.3) is 11.2 Å². The van der Waals surface area contributed by atoms with Crippen molar-refractivity contribution >= 4 is 51.7 Å². The number of halogens is 2. The highest BCUT2D eigenvalue weighted by Gasteiger charge is 2.80. The molecule has 3 N–H and O–H groups in total. The summed E-state index contributed by atoms with van der Waals surface area (Å²) in [5.74, 6) is -0.0717. The Balaban J connectivity index is 1.38. The van der Waals surface area contributed by atoms with Crippen LogP contribution in [0.1, 0.15) is 79.7 Å². The highest BCUT2D eigenvalue weighted by Crippen LogP contribution is 2.60. The monoisotopic (exact) mass is 897 g/mol. The molecule has 2 aliphatic heterocycles. The number of nitrogens with one attached hydrogen (secondary N) is 1. The van der Waals surface area contributed by atoms with Crippen LogP contribution < -0.4 is 16.0 Å². The lowest BCUT2D eigenvalue weighted by Gasteiger charge is -2.63. The number of aliphatic hydroxyl groups is 2. The van der Waals surface area contributed by atoms with Crippen molar-refractivity contribution in [3.8, 4) is 5.75 Å². The molecule has 2 saturated heterocycles. The van der Waals surface area contributed by atoms with E-state index >= 15 is 0 Å². The molecule has 2 unspecified atom stereocenters. The fourth-order valence-electron chi connectivity index (χ4n) is 8.93. The quantitative estimate of drug-likeness (QED) is 0.0348. The lowest BCUT2D eigenvalue weighted by Crippen LogP contribution is -2.85. The highest BCUT2D eigenvalue weighted by atomic mass is 35.5. The van der Waals surface area contributed by atoms with E-state index < -0.39 is 74.6 Å². The van der Waals surface area contributed by atoms with Crippen molar-refractivity contribution in [1.29, 1.82) is 0 Å². The number of benzene rings is 2. The second-order valence-corrected chi connectivity index (χ2v) is 27.2. The molecule has 2 aromatic carbocycles. The SMILES string of the molecule is CC(OCc1cc(Cl)c(OC(=O)OCCc2ccc([N+](=O)[O-])cc2)cc1Cl)O[C@H]1[C@H](n2ccc(=O)[nH]c2=O)O[C@@H]2C(O)[Si](C(C)C)(C(C)C)O[Si](C(C)C)(C(C)C)[C@@]21O. The molecule has 59 heavy (non-hydrogen) atoms. The summed E-state index contributed by atoms with van der Waals surface area (Å²) < 4.78 is 38.4. The standard InChI is InChI=1S/C39H53Cl2N3O13Si2/c1-21(2)58(22(3)4)36(46)34-39(49,59(57-58,23(5)6)24(7)8)33(35(56-34)43-16-14-32(45)42-37(43)47)54-25(9)53-20-27-18-30(41)31(19-29(27)40)55-38(48)52-17-15-26-10-12-28(13-11-26)44(50)51/h10-14,16,18-19,21-25,33-36,46,49H,15,17,20H2,1-9H3,(H,42,45,47)/t25?,33-,34+,35+,36?,39+/m0/s1.